The molecular formula is C12H11BrClN3O2. The van der Waals surface area contributed by atoms with Crippen LogP contribution >= 0.6 is 27.5 Å². The zero-order valence-corrected chi connectivity index (χ0v) is 12.7. The molecule has 2 aromatic rings. The summed E-state index contributed by atoms with van der Waals surface area (Å²) < 4.78 is 7.23. The summed E-state index contributed by atoms with van der Waals surface area (Å²) in [6.07, 6.45) is 0. The van der Waals surface area contributed by atoms with Crippen molar-refractivity contribution >= 4 is 33.5 Å². The average molecular weight is 345 g/mol. The first-order valence-electron chi connectivity index (χ1n) is 5.56. The molecule has 5 nitrogen and oxygen atoms in total. The maximum Gasteiger partial charge on any atom is 0.378 e. The molecule has 0 radical (unpaired) electrons. The lowest BCUT2D eigenvalue weighted by Gasteiger charge is -2.03. The molecule has 0 aliphatic heterocycles. The van der Waals surface area contributed by atoms with Gasteiger partial charge in [0, 0.05) is 17.1 Å². The summed E-state index contributed by atoms with van der Waals surface area (Å²) in [6.45, 7) is 2.01. The van der Waals surface area contributed by atoms with Crippen molar-refractivity contribution in [2.45, 2.75) is 6.92 Å². The molecule has 1 aromatic heterocycles. The van der Waals surface area contributed by atoms with E-state index in [-0.39, 0.29) is 12.4 Å². The Bertz CT molecular complexity index is 627. The van der Waals surface area contributed by atoms with Crippen LogP contribution in [0.4, 0.5) is 0 Å². The van der Waals surface area contributed by atoms with Gasteiger partial charge in [-0.3, -0.25) is 0 Å². The Labute approximate surface area is 123 Å². The lowest BCUT2D eigenvalue weighted by atomic mass is 10.2. The van der Waals surface area contributed by atoms with Crippen molar-refractivity contribution in [1.29, 1.82) is 0 Å². The zero-order chi connectivity index (χ0) is 14.0. The fourth-order valence-corrected chi connectivity index (χ4v) is 2.13. The zero-order valence-electron chi connectivity index (χ0n) is 10.4. The summed E-state index contributed by atoms with van der Waals surface area (Å²) in [5, 5.41) is 4.57. The van der Waals surface area contributed by atoms with Gasteiger partial charge in [0.1, 0.15) is 0 Å². The quantitative estimate of drug-likeness (QED) is 0.803. The van der Waals surface area contributed by atoms with Crippen LogP contribution in [0.2, 0.25) is 5.02 Å². The monoisotopic (exact) mass is 343 g/mol. The van der Waals surface area contributed by atoms with Crippen LogP contribution < -0.4 is 0 Å². The van der Waals surface area contributed by atoms with Gasteiger partial charge in [-0.15, -0.1) is 5.10 Å². The van der Waals surface area contributed by atoms with Crippen molar-refractivity contribution in [3.8, 4) is 11.4 Å². The number of carbonyl (C=O) groups is 1. The summed E-state index contributed by atoms with van der Waals surface area (Å²) in [4.78, 5) is 15.8. The number of hydrogen-bond donors (Lipinski definition) is 0. The number of nitrogens with zero attached hydrogens (tertiary/aromatic N) is 3. The topological polar surface area (TPSA) is 57.0 Å². The molecule has 100 valence electrons. The summed E-state index contributed by atoms with van der Waals surface area (Å²) in [5.74, 6) is -0.0137. The minimum atomic E-state index is -0.546. The Morgan fingerprint density at radius 1 is 1.53 bits per heavy atom. The van der Waals surface area contributed by atoms with Crippen LogP contribution in [0.25, 0.3) is 11.4 Å². The minimum Gasteiger partial charge on any atom is -0.460 e. The summed E-state index contributed by atoms with van der Waals surface area (Å²) >= 11 is 9.51. The van der Waals surface area contributed by atoms with Crippen molar-refractivity contribution in [2.75, 3.05) is 6.61 Å². The Kier molecular flexibility index (Phi) is 4.21. The molecule has 0 unspecified atom stereocenters. The van der Waals surface area contributed by atoms with E-state index in [9.17, 15) is 4.79 Å². The van der Waals surface area contributed by atoms with Gasteiger partial charge in [-0.25, -0.2) is 14.5 Å². The molecule has 1 heterocycles. The first-order chi connectivity index (χ1) is 9.02. The second-order valence-electron chi connectivity index (χ2n) is 3.73. The van der Waals surface area contributed by atoms with E-state index in [4.69, 9.17) is 16.3 Å². The van der Waals surface area contributed by atoms with Crippen LogP contribution in [-0.4, -0.2) is 27.3 Å². The van der Waals surface area contributed by atoms with Gasteiger partial charge in [-0.1, -0.05) is 27.5 Å². The lowest BCUT2D eigenvalue weighted by molar-refractivity contribution is 0.0512. The number of esters is 1. The number of halogens is 2. The largest absolute Gasteiger partial charge is 0.460 e. The van der Waals surface area contributed by atoms with E-state index in [0.717, 1.165) is 4.47 Å². The predicted octanol–water partition coefficient (Wildman–Crippen LogP) is 3.07. The smallest absolute Gasteiger partial charge is 0.378 e. The van der Waals surface area contributed by atoms with Gasteiger partial charge in [0.25, 0.3) is 5.82 Å². The fourth-order valence-electron chi connectivity index (χ4n) is 1.57. The van der Waals surface area contributed by atoms with Crippen molar-refractivity contribution in [3.63, 3.8) is 0 Å². The van der Waals surface area contributed by atoms with Gasteiger partial charge < -0.3 is 4.74 Å². The van der Waals surface area contributed by atoms with Crippen LogP contribution in [0, 0.1) is 0 Å². The fraction of sp³-hybridized carbons (Fsp3) is 0.250. The van der Waals surface area contributed by atoms with Gasteiger partial charge in [0.15, 0.2) is 5.82 Å². The molecule has 0 bridgehead atoms. The SMILES string of the molecule is CCOC(=O)c1nc(-c2cc(Br)ccc2Cl)n(C)n1. The van der Waals surface area contributed by atoms with Crippen LogP contribution in [0.5, 0.6) is 0 Å². The third-order valence-electron chi connectivity index (χ3n) is 2.39. The maximum absolute atomic E-state index is 11.6. The van der Waals surface area contributed by atoms with Gasteiger partial charge in [-0.05, 0) is 25.1 Å². The third kappa shape index (κ3) is 2.96. The molecule has 0 fully saturated rings. The molecule has 2 rings (SSSR count). The van der Waals surface area contributed by atoms with Crippen molar-refractivity contribution in [2.24, 2.45) is 7.05 Å². The van der Waals surface area contributed by atoms with E-state index in [1.807, 2.05) is 12.1 Å². The number of hydrogen-bond acceptors (Lipinski definition) is 4. The molecule has 0 saturated heterocycles. The third-order valence-corrected chi connectivity index (χ3v) is 3.21. The molecule has 1 aromatic carbocycles. The van der Waals surface area contributed by atoms with Gasteiger partial charge in [0.2, 0.25) is 0 Å². The summed E-state index contributed by atoms with van der Waals surface area (Å²) in [7, 11) is 1.70. The number of rotatable bonds is 3. The highest BCUT2D eigenvalue weighted by Gasteiger charge is 2.18. The van der Waals surface area contributed by atoms with Crippen LogP contribution in [-0.2, 0) is 11.8 Å². The normalized spacial score (nSPS) is 10.5. The molecule has 0 atom stereocenters. The van der Waals surface area contributed by atoms with Crippen LogP contribution in [0.1, 0.15) is 17.5 Å². The lowest BCUT2D eigenvalue weighted by Crippen LogP contribution is -2.07. The van der Waals surface area contributed by atoms with E-state index in [2.05, 4.69) is 26.0 Å². The molecule has 0 saturated carbocycles. The molecular weight excluding hydrogens is 334 g/mol. The van der Waals surface area contributed by atoms with E-state index in [1.54, 1.807) is 20.0 Å². The Morgan fingerprint density at radius 3 is 2.95 bits per heavy atom. The molecule has 0 aliphatic rings. The van der Waals surface area contributed by atoms with Crippen molar-refractivity contribution in [3.05, 3.63) is 33.5 Å². The first-order valence-corrected chi connectivity index (χ1v) is 6.73. The van der Waals surface area contributed by atoms with E-state index < -0.39 is 5.97 Å². The Balaban J connectivity index is 2.46. The number of carbonyl (C=O) groups excluding carboxylic acids is 1. The highest BCUT2D eigenvalue weighted by atomic mass is 79.9. The molecule has 7 heteroatoms. The van der Waals surface area contributed by atoms with Crippen LogP contribution in [0.15, 0.2) is 22.7 Å². The molecule has 19 heavy (non-hydrogen) atoms. The van der Waals surface area contributed by atoms with E-state index in [1.165, 1.54) is 4.68 Å². The second kappa shape index (κ2) is 5.71. The Hall–Kier alpha value is -1.40. The highest BCUT2D eigenvalue weighted by Crippen LogP contribution is 2.29. The Morgan fingerprint density at radius 2 is 2.26 bits per heavy atom. The van der Waals surface area contributed by atoms with Gasteiger partial charge in [0.05, 0.1) is 11.6 Å². The van der Waals surface area contributed by atoms with Crippen molar-refractivity contribution < 1.29 is 9.53 Å². The van der Waals surface area contributed by atoms with E-state index >= 15 is 0 Å². The van der Waals surface area contributed by atoms with Gasteiger partial charge >= 0.3 is 5.97 Å². The van der Waals surface area contributed by atoms with Crippen LogP contribution in [0.3, 0.4) is 0 Å². The highest BCUT2D eigenvalue weighted by molar-refractivity contribution is 9.10. The average Bonchev–Trinajstić information content (AvgIpc) is 2.75. The summed E-state index contributed by atoms with van der Waals surface area (Å²) in [5.41, 5.74) is 0.696. The predicted molar refractivity (Wildman–Crippen MR) is 75.1 cm³/mol. The van der Waals surface area contributed by atoms with Gasteiger partial charge in [-0.2, -0.15) is 0 Å². The maximum atomic E-state index is 11.6. The first kappa shape index (κ1) is 14.0. The molecule has 0 N–H and O–H groups in total. The molecule has 0 amide bonds. The minimum absolute atomic E-state index is 0.0235. The second-order valence-corrected chi connectivity index (χ2v) is 5.05. The number of aromatic nitrogens is 3. The summed E-state index contributed by atoms with van der Waals surface area (Å²) in [6, 6.07) is 5.40. The molecule has 0 spiro atoms. The number of benzene rings is 1. The standard InChI is InChI=1S/C12H11BrClN3O2/c1-3-19-12(18)10-15-11(17(2)16-10)8-6-7(13)4-5-9(8)14/h4-6H,3H2,1-2H3. The molecule has 0 aliphatic carbocycles. The van der Waals surface area contributed by atoms with Crippen molar-refractivity contribution in [1.82, 2.24) is 14.8 Å². The number of aryl methyl sites for hydroxylation is 1. The van der Waals surface area contributed by atoms with E-state index in [0.29, 0.717) is 16.4 Å². The number of ether oxygens (including phenoxy) is 1.